The lowest BCUT2D eigenvalue weighted by molar-refractivity contribution is 0.278. The summed E-state index contributed by atoms with van der Waals surface area (Å²) >= 11 is 3.44. The summed E-state index contributed by atoms with van der Waals surface area (Å²) in [4.78, 5) is 2.24. The molecular weight excluding hydrogens is 340 g/mol. The van der Waals surface area contributed by atoms with E-state index in [-0.39, 0.29) is 0 Å². The predicted octanol–water partition coefficient (Wildman–Crippen LogP) is 1.83. The van der Waals surface area contributed by atoms with Crippen LogP contribution >= 0.6 is 15.9 Å². The highest BCUT2D eigenvalue weighted by Crippen LogP contribution is 2.20. The SMILES string of the molecule is CNC(CCN1CCS(=O)(=O)CC1)c1ccc(Br)cc1. The smallest absolute Gasteiger partial charge is 0.152 e. The largest absolute Gasteiger partial charge is 0.313 e. The van der Waals surface area contributed by atoms with Crippen molar-refractivity contribution in [2.75, 3.05) is 38.2 Å². The van der Waals surface area contributed by atoms with Crippen LogP contribution in [0.25, 0.3) is 0 Å². The van der Waals surface area contributed by atoms with Crippen LogP contribution in [0.2, 0.25) is 0 Å². The quantitative estimate of drug-likeness (QED) is 0.870. The van der Waals surface area contributed by atoms with Crippen LogP contribution in [0.5, 0.6) is 0 Å². The van der Waals surface area contributed by atoms with Crippen LogP contribution in [0.3, 0.4) is 0 Å². The summed E-state index contributed by atoms with van der Waals surface area (Å²) in [6.45, 7) is 2.26. The zero-order valence-corrected chi connectivity index (χ0v) is 14.1. The van der Waals surface area contributed by atoms with Gasteiger partial charge in [0.25, 0.3) is 0 Å². The van der Waals surface area contributed by atoms with Crippen molar-refractivity contribution >= 4 is 25.8 Å². The number of halogens is 1. The molecule has 1 aliphatic rings. The van der Waals surface area contributed by atoms with Gasteiger partial charge in [0.15, 0.2) is 9.84 Å². The van der Waals surface area contributed by atoms with Gasteiger partial charge in [-0.25, -0.2) is 8.42 Å². The van der Waals surface area contributed by atoms with Crippen LogP contribution in [0.1, 0.15) is 18.0 Å². The molecule has 0 aliphatic carbocycles. The molecule has 0 radical (unpaired) electrons. The van der Waals surface area contributed by atoms with Crippen molar-refractivity contribution in [3.8, 4) is 0 Å². The van der Waals surface area contributed by atoms with Crippen molar-refractivity contribution in [1.82, 2.24) is 10.2 Å². The predicted molar refractivity (Wildman–Crippen MR) is 85.7 cm³/mol. The van der Waals surface area contributed by atoms with Crippen molar-refractivity contribution in [2.24, 2.45) is 0 Å². The highest BCUT2D eigenvalue weighted by Gasteiger charge is 2.22. The Morgan fingerprint density at radius 1 is 1.25 bits per heavy atom. The van der Waals surface area contributed by atoms with Gasteiger partial charge in [-0.05, 0) is 31.2 Å². The Morgan fingerprint density at radius 3 is 2.40 bits per heavy atom. The molecule has 112 valence electrons. The fourth-order valence-electron chi connectivity index (χ4n) is 2.46. The van der Waals surface area contributed by atoms with Crippen molar-refractivity contribution in [3.63, 3.8) is 0 Å². The van der Waals surface area contributed by atoms with Crippen LogP contribution in [0, 0.1) is 0 Å². The number of benzene rings is 1. The van der Waals surface area contributed by atoms with E-state index in [0.29, 0.717) is 30.6 Å². The minimum Gasteiger partial charge on any atom is -0.313 e. The molecule has 1 saturated heterocycles. The number of hydrogen-bond donors (Lipinski definition) is 1. The lowest BCUT2D eigenvalue weighted by Gasteiger charge is -2.28. The first kappa shape index (κ1) is 15.9. The average Bonchev–Trinajstić information content (AvgIpc) is 2.43. The molecule has 6 heteroatoms. The van der Waals surface area contributed by atoms with Gasteiger partial charge in [0.05, 0.1) is 11.5 Å². The lowest BCUT2D eigenvalue weighted by Crippen LogP contribution is -2.41. The van der Waals surface area contributed by atoms with Crippen LogP contribution in [0.15, 0.2) is 28.7 Å². The topological polar surface area (TPSA) is 49.4 Å². The second-order valence-electron chi connectivity index (χ2n) is 5.17. The Kier molecular flexibility index (Phi) is 5.60. The first-order valence-electron chi connectivity index (χ1n) is 6.86. The van der Waals surface area contributed by atoms with E-state index in [9.17, 15) is 8.42 Å². The van der Waals surface area contributed by atoms with Crippen LogP contribution in [0.4, 0.5) is 0 Å². The third-order valence-corrected chi connectivity index (χ3v) is 5.93. The monoisotopic (exact) mass is 360 g/mol. The second-order valence-corrected chi connectivity index (χ2v) is 8.39. The number of hydrogen-bond acceptors (Lipinski definition) is 4. The molecule has 1 N–H and O–H groups in total. The van der Waals surface area contributed by atoms with Crippen molar-refractivity contribution in [2.45, 2.75) is 12.5 Å². The molecule has 1 heterocycles. The van der Waals surface area contributed by atoms with Crippen LogP contribution < -0.4 is 5.32 Å². The van der Waals surface area contributed by atoms with E-state index < -0.39 is 9.84 Å². The van der Waals surface area contributed by atoms with E-state index >= 15 is 0 Å². The fourth-order valence-corrected chi connectivity index (χ4v) is 4.00. The number of nitrogens with one attached hydrogen (secondary N) is 1. The van der Waals surface area contributed by atoms with Gasteiger partial charge in [0.2, 0.25) is 0 Å². The van der Waals surface area contributed by atoms with Gasteiger partial charge in [-0.2, -0.15) is 0 Å². The Morgan fingerprint density at radius 2 is 1.85 bits per heavy atom. The Hall–Kier alpha value is -0.430. The summed E-state index contributed by atoms with van der Waals surface area (Å²) in [5.41, 5.74) is 1.26. The average molecular weight is 361 g/mol. The van der Waals surface area contributed by atoms with Crippen LogP contribution in [-0.2, 0) is 9.84 Å². The van der Waals surface area contributed by atoms with Gasteiger partial charge in [-0.1, -0.05) is 28.1 Å². The Bertz CT molecular complexity index is 517. The van der Waals surface area contributed by atoms with Gasteiger partial charge in [-0.15, -0.1) is 0 Å². The van der Waals surface area contributed by atoms with E-state index in [4.69, 9.17) is 0 Å². The molecule has 0 amide bonds. The lowest BCUT2D eigenvalue weighted by atomic mass is 10.0. The molecule has 0 aromatic heterocycles. The third-order valence-electron chi connectivity index (χ3n) is 3.79. The van der Waals surface area contributed by atoms with E-state index in [1.165, 1.54) is 5.56 Å². The van der Waals surface area contributed by atoms with Crippen molar-refractivity contribution in [1.29, 1.82) is 0 Å². The van der Waals surface area contributed by atoms with Gasteiger partial charge in [0.1, 0.15) is 0 Å². The van der Waals surface area contributed by atoms with Gasteiger partial charge in [0, 0.05) is 30.1 Å². The molecule has 1 fully saturated rings. The Labute approximate surface area is 129 Å². The maximum atomic E-state index is 11.4. The number of nitrogens with zero attached hydrogens (tertiary/aromatic N) is 1. The molecule has 2 rings (SSSR count). The highest BCUT2D eigenvalue weighted by atomic mass is 79.9. The molecule has 4 nitrogen and oxygen atoms in total. The highest BCUT2D eigenvalue weighted by molar-refractivity contribution is 9.10. The molecule has 20 heavy (non-hydrogen) atoms. The zero-order chi connectivity index (χ0) is 14.6. The number of rotatable bonds is 5. The summed E-state index contributed by atoms with van der Waals surface area (Å²) in [5, 5.41) is 3.33. The Balaban J connectivity index is 1.87. The molecule has 1 atom stereocenters. The molecular formula is C14H21BrN2O2S. The molecule has 1 aromatic carbocycles. The van der Waals surface area contributed by atoms with Gasteiger partial charge < -0.3 is 10.2 Å². The van der Waals surface area contributed by atoms with Crippen LogP contribution in [-0.4, -0.2) is 51.5 Å². The zero-order valence-electron chi connectivity index (χ0n) is 11.7. The normalized spacial score (nSPS) is 20.7. The minimum atomic E-state index is -2.78. The maximum Gasteiger partial charge on any atom is 0.152 e. The second kappa shape index (κ2) is 7.02. The molecule has 0 spiro atoms. The van der Waals surface area contributed by atoms with Gasteiger partial charge >= 0.3 is 0 Å². The fraction of sp³-hybridized carbons (Fsp3) is 0.571. The molecule has 0 saturated carbocycles. The number of sulfone groups is 1. The van der Waals surface area contributed by atoms with E-state index in [1.807, 2.05) is 19.2 Å². The summed E-state index contributed by atoms with van der Waals surface area (Å²) in [5.74, 6) is 0.602. The summed E-state index contributed by atoms with van der Waals surface area (Å²) < 4.78 is 23.9. The van der Waals surface area contributed by atoms with E-state index in [2.05, 4.69) is 38.3 Å². The summed E-state index contributed by atoms with van der Waals surface area (Å²) in [6.07, 6.45) is 0.984. The maximum absolute atomic E-state index is 11.4. The van der Waals surface area contributed by atoms with Crippen molar-refractivity contribution in [3.05, 3.63) is 34.3 Å². The summed E-state index contributed by atoms with van der Waals surface area (Å²) in [7, 11) is -0.814. The third kappa shape index (κ3) is 4.55. The first-order valence-corrected chi connectivity index (χ1v) is 9.47. The van der Waals surface area contributed by atoms with Gasteiger partial charge in [-0.3, -0.25) is 0 Å². The molecule has 1 unspecified atom stereocenters. The van der Waals surface area contributed by atoms with E-state index in [1.54, 1.807) is 0 Å². The minimum absolute atomic E-state index is 0.301. The molecule has 1 aliphatic heterocycles. The standard InChI is InChI=1S/C14H21BrN2O2S/c1-16-14(12-2-4-13(15)5-3-12)6-7-17-8-10-20(18,19)11-9-17/h2-5,14,16H,6-11H2,1H3. The first-order chi connectivity index (χ1) is 9.50. The van der Waals surface area contributed by atoms with Crippen molar-refractivity contribution < 1.29 is 8.42 Å². The molecule has 1 aromatic rings. The van der Waals surface area contributed by atoms with E-state index in [0.717, 1.165) is 17.4 Å². The summed E-state index contributed by atoms with van der Waals surface area (Å²) in [6, 6.07) is 8.64. The molecule has 0 bridgehead atoms.